The van der Waals surface area contributed by atoms with Crippen molar-refractivity contribution in [2.45, 2.75) is 18.9 Å². The van der Waals surface area contributed by atoms with Gasteiger partial charge in [-0.1, -0.05) is 30.3 Å². The minimum Gasteiger partial charge on any atom is -0.479 e. The van der Waals surface area contributed by atoms with Gasteiger partial charge in [-0.15, -0.1) is 0 Å². The first kappa shape index (κ1) is 16.2. The average molecular weight is 299 g/mol. The number of carboxylic acid groups (broad SMARTS) is 1. The van der Waals surface area contributed by atoms with Crippen LogP contribution in [0.2, 0.25) is 0 Å². The Morgan fingerprint density at radius 2 is 1.85 bits per heavy atom. The summed E-state index contributed by atoms with van der Waals surface area (Å²) in [5, 5.41) is 11.5. The lowest BCUT2D eigenvalue weighted by Gasteiger charge is -2.14. The highest BCUT2D eigenvalue weighted by Crippen LogP contribution is 2.13. The maximum Gasteiger partial charge on any atom is 0.330 e. The Morgan fingerprint density at radius 1 is 1.25 bits per heavy atom. The Morgan fingerprint density at radius 3 is 2.35 bits per heavy atom. The van der Waals surface area contributed by atoms with E-state index in [1.54, 1.807) is 30.3 Å². The molecule has 2 N–H and O–H groups in total. The average Bonchev–Trinajstić information content (AvgIpc) is 2.35. The molecular weight excluding hydrogens is 282 g/mol. The predicted octanol–water partition coefficient (Wildman–Crippen LogP) is 0.753. The van der Waals surface area contributed by atoms with Crippen molar-refractivity contribution in [2.75, 3.05) is 12.0 Å². The lowest BCUT2D eigenvalue weighted by Crippen LogP contribution is -2.33. The number of nitrogens with one attached hydrogen (secondary N) is 1. The van der Waals surface area contributed by atoms with Crippen molar-refractivity contribution in [1.29, 1.82) is 0 Å². The van der Waals surface area contributed by atoms with Gasteiger partial charge in [-0.3, -0.25) is 4.79 Å². The van der Waals surface area contributed by atoms with Crippen molar-refractivity contribution in [3.63, 3.8) is 0 Å². The van der Waals surface area contributed by atoms with Crippen LogP contribution >= 0.6 is 0 Å². The van der Waals surface area contributed by atoms with E-state index in [4.69, 9.17) is 5.11 Å². The molecule has 1 aromatic carbocycles. The lowest BCUT2D eigenvalue weighted by atomic mass is 10.1. The van der Waals surface area contributed by atoms with Crippen LogP contribution in [-0.2, 0) is 19.4 Å². The molecule has 110 valence electrons. The maximum atomic E-state index is 11.6. The first-order chi connectivity index (χ1) is 9.29. The van der Waals surface area contributed by atoms with Gasteiger partial charge in [-0.25, -0.2) is 13.2 Å². The predicted molar refractivity (Wildman–Crippen MR) is 73.9 cm³/mol. The second-order valence-electron chi connectivity index (χ2n) is 4.48. The molecular formula is C13H17NO5S. The van der Waals surface area contributed by atoms with Gasteiger partial charge >= 0.3 is 5.97 Å². The summed E-state index contributed by atoms with van der Waals surface area (Å²) in [5.74, 6) is -1.73. The standard InChI is InChI=1S/C13H17NO5S/c1-20(18,19)9-5-8-11(15)14-12(13(16)17)10-6-3-2-4-7-10/h2-4,6-7,12H,5,8-9H2,1H3,(H,14,15)(H,16,17)/t12-/m0/s1. The molecule has 6 nitrogen and oxygen atoms in total. The zero-order valence-electron chi connectivity index (χ0n) is 11.1. The quantitative estimate of drug-likeness (QED) is 0.774. The third-order valence-electron chi connectivity index (χ3n) is 2.60. The van der Waals surface area contributed by atoms with Crippen LogP contribution in [0.15, 0.2) is 30.3 Å². The number of aliphatic carboxylic acids is 1. The molecule has 0 fully saturated rings. The van der Waals surface area contributed by atoms with Crippen molar-refractivity contribution in [2.24, 2.45) is 0 Å². The molecule has 20 heavy (non-hydrogen) atoms. The van der Waals surface area contributed by atoms with Crippen LogP contribution in [0.1, 0.15) is 24.4 Å². The maximum absolute atomic E-state index is 11.6. The minimum atomic E-state index is -3.11. The molecule has 1 atom stereocenters. The monoisotopic (exact) mass is 299 g/mol. The zero-order chi connectivity index (χ0) is 15.2. The highest BCUT2D eigenvalue weighted by atomic mass is 32.2. The molecule has 0 saturated heterocycles. The summed E-state index contributed by atoms with van der Waals surface area (Å²) >= 11 is 0. The highest BCUT2D eigenvalue weighted by molar-refractivity contribution is 7.90. The third kappa shape index (κ3) is 5.83. The molecule has 0 aliphatic heterocycles. The van der Waals surface area contributed by atoms with Crippen molar-refractivity contribution in [3.8, 4) is 0 Å². The molecule has 0 bridgehead atoms. The summed E-state index contributed by atoms with van der Waals surface area (Å²) in [5.41, 5.74) is 0.469. The number of hydrogen-bond donors (Lipinski definition) is 2. The summed E-state index contributed by atoms with van der Waals surface area (Å²) in [6.07, 6.45) is 1.24. The highest BCUT2D eigenvalue weighted by Gasteiger charge is 2.21. The fourth-order valence-electron chi connectivity index (χ4n) is 1.66. The molecule has 0 aliphatic rings. The minimum absolute atomic E-state index is 0.0241. The van der Waals surface area contributed by atoms with Crippen LogP contribution in [0.5, 0.6) is 0 Å². The van der Waals surface area contributed by atoms with Gasteiger partial charge in [0, 0.05) is 12.7 Å². The van der Waals surface area contributed by atoms with Gasteiger partial charge < -0.3 is 10.4 Å². The van der Waals surface area contributed by atoms with E-state index < -0.39 is 27.8 Å². The zero-order valence-corrected chi connectivity index (χ0v) is 11.9. The Bertz CT molecular complexity index is 568. The summed E-state index contributed by atoms with van der Waals surface area (Å²) in [7, 11) is -3.11. The molecule has 7 heteroatoms. The van der Waals surface area contributed by atoms with Gasteiger partial charge in [0.15, 0.2) is 6.04 Å². The van der Waals surface area contributed by atoms with E-state index in [1.807, 2.05) is 0 Å². The van der Waals surface area contributed by atoms with E-state index in [0.717, 1.165) is 6.26 Å². The van der Waals surface area contributed by atoms with Crippen LogP contribution in [0.4, 0.5) is 0 Å². The number of carboxylic acids is 1. The number of carbonyl (C=O) groups is 2. The largest absolute Gasteiger partial charge is 0.479 e. The SMILES string of the molecule is CS(=O)(=O)CCCC(=O)N[C@H](C(=O)O)c1ccccc1. The second kappa shape index (κ2) is 7.04. The summed E-state index contributed by atoms with van der Waals surface area (Å²) in [6, 6.07) is 7.20. The molecule has 0 radical (unpaired) electrons. The number of sulfone groups is 1. The van der Waals surface area contributed by atoms with Crippen LogP contribution < -0.4 is 5.32 Å². The van der Waals surface area contributed by atoms with Crippen molar-refractivity contribution >= 4 is 21.7 Å². The van der Waals surface area contributed by atoms with E-state index in [0.29, 0.717) is 5.56 Å². The van der Waals surface area contributed by atoms with Crippen molar-refractivity contribution < 1.29 is 23.1 Å². The van der Waals surface area contributed by atoms with Crippen LogP contribution in [0.3, 0.4) is 0 Å². The number of rotatable bonds is 7. The molecule has 1 amide bonds. The molecule has 0 spiro atoms. The van der Waals surface area contributed by atoms with E-state index in [2.05, 4.69) is 5.32 Å². The van der Waals surface area contributed by atoms with Crippen molar-refractivity contribution in [1.82, 2.24) is 5.32 Å². The Hall–Kier alpha value is -1.89. The molecule has 0 saturated carbocycles. The van der Waals surface area contributed by atoms with Crippen LogP contribution in [-0.4, -0.2) is 37.4 Å². The molecule has 1 rings (SSSR count). The van der Waals surface area contributed by atoms with E-state index in [-0.39, 0.29) is 18.6 Å². The van der Waals surface area contributed by atoms with Crippen LogP contribution in [0.25, 0.3) is 0 Å². The first-order valence-corrected chi connectivity index (χ1v) is 8.10. The van der Waals surface area contributed by atoms with Gasteiger partial charge in [0.2, 0.25) is 5.91 Å². The second-order valence-corrected chi connectivity index (χ2v) is 6.74. The van der Waals surface area contributed by atoms with E-state index >= 15 is 0 Å². The van der Waals surface area contributed by atoms with E-state index in [9.17, 15) is 18.0 Å². The first-order valence-electron chi connectivity index (χ1n) is 6.04. The number of hydrogen-bond acceptors (Lipinski definition) is 4. The summed E-state index contributed by atoms with van der Waals surface area (Å²) in [6.45, 7) is 0. The van der Waals surface area contributed by atoms with Gasteiger partial charge in [-0.05, 0) is 12.0 Å². The number of benzene rings is 1. The third-order valence-corrected chi connectivity index (χ3v) is 3.63. The molecule has 0 aliphatic carbocycles. The van der Waals surface area contributed by atoms with Crippen LogP contribution in [0, 0.1) is 0 Å². The number of amides is 1. The number of carbonyl (C=O) groups excluding carboxylic acids is 1. The molecule has 0 aromatic heterocycles. The Labute approximate surface area is 117 Å². The van der Waals surface area contributed by atoms with Gasteiger partial charge in [-0.2, -0.15) is 0 Å². The van der Waals surface area contributed by atoms with Gasteiger partial charge in [0.25, 0.3) is 0 Å². The van der Waals surface area contributed by atoms with Gasteiger partial charge in [0.1, 0.15) is 9.84 Å². The topological polar surface area (TPSA) is 101 Å². The fourth-order valence-corrected chi connectivity index (χ4v) is 2.33. The van der Waals surface area contributed by atoms with E-state index in [1.165, 1.54) is 0 Å². The smallest absolute Gasteiger partial charge is 0.330 e. The molecule has 1 aromatic rings. The Kier molecular flexibility index (Phi) is 5.69. The summed E-state index contributed by atoms with van der Waals surface area (Å²) < 4.78 is 21.9. The molecule has 0 heterocycles. The lowest BCUT2D eigenvalue weighted by molar-refractivity contribution is -0.142. The molecule has 0 unspecified atom stereocenters. The Balaban J connectivity index is 2.59. The van der Waals surface area contributed by atoms with Gasteiger partial charge in [0.05, 0.1) is 5.75 Å². The normalized spacial score (nSPS) is 12.7. The fraction of sp³-hybridized carbons (Fsp3) is 0.385. The summed E-state index contributed by atoms with van der Waals surface area (Å²) in [4.78, 5) is 22.8. The van der Waals surface area contributed by atoms with Crippen molar-refractivity contribution in [3.05, 3.63) is 35.9 Å².